The van der Waals surface area contributed by atoms with Crippen LogP contribution >= 0.6 is 0 Å². The number of esters is 1. The number of hydrogen-bond donors (Lipinski definition) is 0. The Morgan fingerprint density at radius 2 is 1.72 bits per heavy atom. The van der Waals surface area contributed by atoms with E-state index in [1.54, 1.807) is 0 Å². The summed E-state index contributed by atoms with van der Waals surface area (Å²) >= 11 is 0. The van der Waals surface area contributed by atoms with E-state index >= 15 is 0 Å². The van der Waals surface area contributed by atoms with Crippen LogP contribution in [0.15, 0.2) is 0 Å². The Hall–Kier alpha value is -1.06. The Kier molecular flexibility index (Phi) is 3.93. The maximum absolute atomic E-state index is 12.6. The molecule has 0 aromatic heterocycles. The number of ether oxygens (including phenoxy) is 1. The fraction of sp³-hybridized carbons (Fsp3) is 0.857. The van der Waals surface area contributed by atoms with Crippen molar-refractivity contribution in [3.63, 3.8) is 0 Å². The maximum atomic E-state index is 12.6. The van der Waals surface area contributed by atoms with Gasteiger partial charge in [-0.15, -0.1) is 0 Å². The quantitative estimate of drug-likeness (QED) is 0.571. The second-order valence-electron chi connectivity index (χ2n) is 5.64. The van der Waals surface area contributed by atoms with E-state index < -0.39 is 5.41 Å². The van der Waals surface area contributed by atoms with E-state index in [0.29, 0.717) is 18.9 Å². The van der Waals surface area contributed by atoms with Gasteiger partial charge in [0.15, 0.2) is 0 Å². The van der Waals surface area contributed by atoms with E-state index in [2.05, 4.69) is 0 Å². The summed E-state index contributed by atoms with van der Waals surface area (Å²) in [5.74, 6) is -0.367. The van der Waals surface area contributed by atoms with Crippen LogP contribution in [0.2, 0.25) is 0 Å². The van der Waals surface area contributed by atoms with Gasteiger partial charge >= 0.3 is 5.97 Å². The van der Waals surface area contributed by atoms with Gasteiger partial charge in [-0.1, -0.05) is 25.7 Å². The zero-order valence-electron chi connectivity index (χ0n) is 11.4. The standard InChI is InChI=1S/C14H23NO3/c1-15(11-7-4-3-5-8-11)12(16)14(9-6-10-14)13(17)18-2/h11H,3-10H2,1-2H3. The van der Waals surface area contributed by atoms with E-state index in [1.165, 1.54) is 26.4 Å². The Morgan fingerprint density at radius 3 is 2.17 bits per heavy atom. The second kappa shape index (κ2) is 5.29. The van der Waals surface area contributed by atoms with Crippen LogP contribution in [0.3, 0.4) is 0 Å². The third-order valence-electron chi connectivity index (χ3n) is 4.64. The van der Waals surface area contributed by atoms with Crippen LogP contribution in [0.25, 0.3) is 0 Å². The molecule has 4 heteroatoms. The van der Waals surface area contributed by atoms with Crippen LogP contribution in [0.1, 0.15) is 51.4 Å². The lowest BCUT2D eigenvalue weighted by Gasteiger charge is -2.42. The van der Waals surface area contributed by atoms with Crippen molar-refractivity contribution < 1.29 is 14.3 Å². The van der Waals surface area contributed by atoms with Gasteiger partial charge in [0.2, 0.25) is 5.91 Å². The minimum atomic E-state index is -0.860. The highest BCUT2D eigenvalue weighted by Crippen LogP contribution is 2.44. The second-order valence-corrected chi connectivity index (χ2v) is 5.64. The van der Waals surface area contributed by atoms with Gasteiger partial charge in [0.1, 0.15) is 5.41 Å². The average molecular weight is 253 g/mol. The first kappa shape index (κ1) is 13.4. The third-order valence-corrected chi connectivity index (χ3v) is 4.64. The zero-order valence-corrected chi connectivity index (χ0v) is 11.4. The van der Waals surface area contributed by atoms with Crippen molar-refractivity contribution in [2.75, 3.05) is 14.2 Å². The Bertz CT molecular complexity index is 330. The molecule has 1 amide bonds. The van der Waals surface area contributed by atoms with Crippen LogP contribution in [0.4, 0.5) is 0 Å². The fourth-order valence-electron chi connectivity index (χ4n) is 3.20. The van der Waals surface area contributed by atoms with E-state index in [0.717, 1.165) is 19.3 Å². The lowest BCUT2D eigenvalue weighted by Crippen LogP contribution is -2.54. The average Bonchev–Trinajstić information content (AvgIpc) is 2.37. The lowest BCUT2D eigenvalue weighted by atomic mass is 9.67. The topological polar surface area (TPSA) is 46.6 Å². The molecule has 2 aliphatic rings. The van der Waals surface area contributed by atoms with Crippen LogP contribution in [0.5, 0.6) is 0 Å². The first-order valence-corrected chi connectivity index (χ1v) is 6.97. The molecule has 102 valence electrons. The van der Waals surface area contributed by atoms with Crippen molar-refractivity contribution in [1.29, 1.82) is 0 Å². The molecule has 2 rings (SSSR count). The monoisotopic (exact) mass is 253 g/mol. The normalized spacial score (nSPS) is 23.0. The summed E-state index contributed by atoms with van der Waals surface area (Å²) in [6, 6.07) is 0.313. The van der Waals surface area contributed by atoms with E-state index in [9.17, 15) is 9.59 Å². The summed E-state index contributed by atoms with van der Waals surface area (Å²) in [7, 11) is 3.22. The molecule has 0 spiro atoms. The Labute approximate surface area is 109 Å². The minimum Gasteiger partial charge on any atom is -0.468 e. The van der Waals surface area contributed by atoms with Gasteiger partial charge in [0, 0.05) is 13.1 Å². The first-order valence-electron chi connectivity index (χ1n) is 6.97. The number of amides is 1. The number of carbonyl (C=O) groups is 2. The molecular weight excluding hydrogens is 230 g/mol. The Morgan fingerprint density at radius 1 is 1.11 bits per heavy atom. The smallest absolute Gasteiger partial charge is 0.321 e. The molecule has 18 heavy (non-hydrogen) atoms. The molecule has 0 heterocycles. The summed E-state index contributed by atoms with van der Waals surface area (Å²) in [5.41, 5.74) is -0.860. The van der Waals surface area contributed by atoms with Gasteiger partial charge in [0.05, 0.1) is 7.11 Å². The molecule has 0 radical (unpaired) electrons. The molecule has 0 unspecified atom stereocenters. The van der Waals surface area contributed by atoms with E-state index in [-0.39, 0.29) is 11.9 Å². The number of rotatable bonds is 3. The maximum Gasteiger partial charge on any atom is 0.321 e. The third kappa shape index (κ3) is 2.13. The highest BCUT2D eigenvalue weighted by atomic mass is 16.5. The molecule has 2 fully saturated rings. The van der Waals surface area contributed by atoms with Gasteiger partial charge in [-0.05, 0) is 25.7 Å². The highest BCUT2D eigenvalue weighted by Gasteiger charge is 2.53. The van der Waals surface area contributed by atoms with Crippen molar-refractivity contribution in [2.45, 2.75) is 57.4 Å². The number of hydrogen-bond acceptors (Lipinski definition) is 3. The van der Waals surface area contributed by atoms with Crippen LogP contribution in [-0.4, -0.2) is 37.0 Å². The van der Waals surface area contributed by atoms with Gasteiger partial charge in [-0.2, -0.15) is 0 Å². The molecule has 0 saturated heterocycles. The highest BCUT2D eigenvalue weighted by molar-refractivity contribution is 6.03. The van der Waals surface area contributed by atoms with Crippen molar-refractivity contribution in [3.8, 4) is 0 Å². The molecular formula is C14H23NO3. The van der Waals surface area contributed by atoms with Gasteiger partial charge in [0.25, 0.3) is 0 Å². The summed E-state index contributed by atoms with van der Waals surface area (Å²) in [5, 5.41) is 0. The fourth-order valence-corrected chi connectivity index (χ4v) is 3.20. The summed E-state index contributed by atoms with van der Waals surface area (Å²) in [4.78, 5) is 26.3. The van der Waals surface area contributed by atoms with Gasteiger partial charge < -0.3 is 9.64 Å². The van der Waals surface area contributed by atoms with E-state index in [4.69, 9.17) is 4.74 Å². The van der Waals surface area contributed by atoms with Crippen molar-refractivity contribution in [3.05, 3.63) is 0 Å². The molecule has 0 bridgehead atoms. The predicted octanol–water partition coefficient (Wildman–Crippen LogP) is 2.12. The summed E-state index contributed by atoms with van der Waals surface area (Å²) in [6.45, 7) is 0. The SMILES string of the molecule is COC(=O)C1(C(=O)N(C)C2CCCCC2)CCC1. The number of nitrogens with zero attached hydrogens (tertiary/aromatic N) is 1. The first-order chi connectivity index (χ1) is 8.62. The molecule has 0 N–H and O–H groups in total. The minimum absolute atomic E-state index is 0.0208. The predicted molar refractivity (Wildman–Crippen MR) is 67.9 cm³/mol. The van der Waals surface area contributed by atoms with Crippen LogP contribution in [-0.2, 0) is 14.3 Å². The molecule has 0 aromatic rings. The molecule has 2 aliphatic carbocycles. The molecule has 0 aromatic carbocycles. The van der Waals surface area contributed by atoms with Crippen LogP contribution < -0.4 is 0 Å². The Balaban J connectivity index is 2.06. The molecule has 2 saturated carbocycles. The van der Waals surface area contributed by atoms with Gasteiger partial charge in [-0.3, -0.25) is 9.59 Å². The van der Waals surface area contributed by atoms with Crippen molar-refractivity contribution in [2.24, 2.45) is 5.41 Å². The van der Waals surface area contributed by atoms with Crippen molar-refractivity contribution in [1.82, 2.24) is 4.90 Å². The summed E-state index contributed by atoms with van der Waals surface area (Å²) < 4.78 is 4.83. The zero-order chi connectivity index (χ0) is 13.2. The largest absolute Gasteiger partial charge is 0.468 e. The molecule has 0 aliphatic heterocycles. The molecule has 0 atom stereocenters. The van der Waals surface area contributed by atoms with Gasteiger partial charge in [-0.25, -0.2) is 0 Å². The van der Waals surface area contributed by atoms with Crippen LogP contribution in [0, 0.1) is 5.41 Å². The summed E-state index contributed by atoms with van der Waals surface area (Å²) in [6.07, 6.45) is 8.02. The van der Waals surface area contributed by atoms with E-state index in [1.807, 2.05) is 11.9 Å². The number of carbonyl (C=O) groups excluding carboxylic acids is 2. The number of methoxy groups -OCH3 is 1. The molecule has 4 nitrogen and oxygen atoms in total. The lowest BCUT2D eigenvalue weighted by molar-refractivity contribution is -0.170. The van der Waals surface area contributed by atoms with Crippen molar-refractivity contribution >= 4 is 11.9 Å².